The fourth-order valence-electron chi connectivity index (χ4n) is 2.42. The second kappa shape index (κ2) is 9.19. The van der Waals surface area contributed by atoms with E-state index >= 15 is 0 Å². The first-order valence-corrected chi connectivity index (χ1v) is 11.3. The van der Waals surface area contributed by atoms with Crippen molar-refractivity contribution in [3.05, 3.63) is 65.5 Å². The molecular weight excluding hydrogens is 418 g/mol. The molecule has 1 unspecified atom stereocenters. The lowest BCUT2D eigenvalue weighted by atomic mass is 10.2. The van der Waals surface area contributed by atoms with E-state index in [1.807, 2.05) is 0 Å². The first kappa shape index (κ1) is 22.6. The van der Waals surface area contributed by atoms with Crippen LogP contribution in [0.2, 0.25) is 0 Å². The van der Waals surface area contributed by atoms with Gasteiger partial charge < -0.3 is 9.05 Å². The van der Waals surface area contributed by atoms with Crippen LogP contribution in [0.15, 0.2) is 47.4 Å². The van der Waals surface area contributed by atoms with Crippen molar-refractivity contribution in [1.29, 1.82) is 0 Å². The van der Waals surface area contributed by atoms with Crippen molar-refractivity contribution in [2.24, 2.45) is 0 Å². The fraction of sp³-hybridized carbons (Fsp3) is 0.294. The number of hydrogen-bond donors (Lipinski definition) is 1. The Bertz CT molecular complexity index is 962. The summed E-state index contributed by atoms with van der Waals surface area (Å²) >= 11 is 0. The average molecular weight is 437 g/mol. The molecule has 2 aromatic rings. The lowest BCUT2D eigenvalue weighted by molar-refractivity contribution is 0.210. The minimum Gasteiger partial charge on any atom is -0.308 e. The van der Waals surface area contributed by atoms with E-state index in [-0.39, 0.29) is 18.8 Å². The van der Waals surface area contributed by atoms with Crippen molar-refractivity contribution < 1.29 is 35.2 Å². The molecule has 2 aromatic carbocycles. The van der Waals surface area contributed by atoms with Crippen LogP contribution in [0.25, 0.3) is 0 Å². The maximum absolute atomic E-state index is 14.0. The average Bonchev–Trinajstić information content (AvgIpc) is 2.65. The minimum atomic E-state index is -4.76. The zero-order valence-corrected chi connectivity index (χ0v) is 16.8. The molecule has 0 aromatic heterocycles. The van der Waals surface area contributed by atoms with Crippen LogP contribution in [-0.2, 0) is 23.6 Å². The highest BCUT2D eigenvalue weighted by Crippen LogP contribution is 2.60. The molecule has 1 atom stereocenters. The van der Waals surface area contributed by atoms with Gasteiger partial charge in [0.25, 0.3) is 0 Å². The Morgan fingerprint density at radius 1 is 0.964 bits per heavy atom. The number of nitrogens with one attached hydrogen (secondary N) is 1. The van der Waals surface area contributed by atoms with Gasteiger partial charge in [-0.15, -0.1) is 0 Å². The molecule has 0 aliphatic rings. The van der Waals surface area contributed by atoms with E-state index in [9.17, 15) is 26.2 Å². The quantitative estimate of drug-likeness (QED) is 0.466. The smallest absolute Gasteiger partial charge is 0.308 e. The van der Waals surface area contributed by atoms with Gasteiger partial charge in [0.2, 0.25) is 10.0 Å². The van der Waals surface area contributed by atoms with Gasteiger partial charge in [0.15, 0.2) is 17.5 Å². The molecule has 0 radical (unpaired) electrons. The molecule has 1 N–H and O–H groups in total. The van der Waals surface area contributed by atoms with Crippen molar-refractivity contribution in [3.63, 3.8) is 0 Å². The summed E-state index contributed by atoms with van der Waals surface area (Å²) in [6, 6.07) is 8.78. The van der Waals surface area contributed by atoms with Crippen LogP contribution in [0.3, 0.4) is 0 Å². The summed E-state index contributed by atoms with van der Waals surface area (Å²) in [4.78, 5) is -1.13. The third kappa shape index (κ3) is 4.82. The van der Waals surface area contributed by atoms with E-state index in [1.165, 1.54) is 26.0 Å². The molecule has 6 nitrogen and oxygen atoms in total. The number of halogens is 3. The van der Waals surface area contributed by atoms with Crippen LogP contribution >= 0.6 is 7.60 Å². The predicted octanol–water partition coefficient (Wildman–Crippen LogP) is 4.35. The normalized spacial score (nSPS) is 13.5. The topological polar surface area (TPSA) is 81.7 Å². The van der Waals surface area contributed by atoms with E-state index in [1.54, 1.807) is 18.2 Å². The summed E-state index contributed by atoms with van der Waals surface area (Å²) < 4.78 is 91.8. The van der Waals surface area contributed by atoms with Crippen LogP contribution in [0.5, 0.6) is 0 Å². The van der Waals surface area contributed by atoms with Crippen molar-refractivity contribution >= 4 is 17.6 Å². The van der Waals surface area contributed by atoms with E-state index in [0.29, 0.717) is 12.1 Å². The van der Waals surface area contributed by atoms with E-state index < -0.39 is 45.7 Å². The highest BCUT2D eigenvalue weighted by Gasteiger charge is 2.40. The van der Waals surface area contributed by atoms with Crippen molar-refractivity contribution in [1.82, 2.24) is 4.72 Å². The summed E-state index contributed by atoms with van der Waals surface area (Å²) in [7, 11) is -8.85. The molecule has 0 saturated heterocycles. The van der Waals surface area contributed by atoms with Gasteiger partial charge >= 0.3 is 7.60 Å². The zero-order chi connectivity index (χ0) is 20.9. The van der Waals surface area contributed by atoms with Gasteiger partial charge in [0.1, 0.15) is 10.7 Å². The standard InChI is InChI=1S/C17H19F3NO5PS/c1-3-25-27(22,26-4-2)17(12-8-6-5-7-9-12)21-28(23,24)14-11-10-13(18)15(19)16(14)20/h5-11,17,21H,3-4H2,1-2H3. The van der Waals surface area contributed by atoms with Crippen LogP contribution in [-0.4, -0.2) is 21.6 Å². The van der Waals surface area contributed by atoms with E-state index in [0.717, 1.165) is 0 Å². The molecule has 2 rings (SSSR count). The fourth-order valence-corrected chi connectivity index (χ4v) is 6.12. The lowest BCUT2D eigenvalue weighted by Crippen LogP contribution is -2.31. The highest BCUT2D eigenvalue weighted by atomic mass is 32.2. The SMILES string of the molecule is CCOP(=O)(OCC)C(NS(=O)(=O)c1ccc(F)c(F)c1F)c1ccccc1. The van der Waals surface area contributed by atoms with Crippen molar-refractivity contribution in [2.45, 2.75) is 24.5 Å². The molecule has 0 saturated carbocycles. The maximum atomic E-state index is 14.0. The Kier molecular flexibility index (Phi) is 7.41. The van der Waals surface area contributed by atoms with Crippen LogP contribution in [0.4, 0.5) is 13.2 Å². The first-order chi connectivity index (χ1) is 13.2. The number of rotatable bonds is 9. The molecule has 0 fully saturated rings. The number of benzene rings is 2. The van der Waals surface area contributed by atoms with Gasteiger partial charge in [-0.1, -0.05) is 30.3 Å². The summed E-state index contributed by atoms with van der Waals surface area (Å²) in [6.45, 7) is 2.97. The maximum Gasteiger partial charge on any atom is 0.352 e. The molecule has 0 aliphatic carbocycles. The Morgan fingerprint density at radius 3 is 2.07 bits per heavy atom. The van der Waals surface area contributed by atoms with E-state index in [2.05, 4.69) is 4.72 Å². The second-order valence-electron chi connectivity index (χ2n) is 5.48. The van der Waals surface area contributed by atoms with Gasteiger partial charge in [-0.2, -0.15) is 4.72 Å². The summed E-state index contributed by atoms with van der Waals surface area (Å²) in [5.74, 6) is -6.89. The Labute approximate surface area is 161 Å². The third-order valence-electron chi connectivity index (χ3n) is 3.61. The molecule has 0 heterocycles. The molecule has 11 heteroatoms. The minimum absolute atomic E-state index is 0.0537. The Balaban J connectivity index is 2.56. The first-order valence-electron chi connectivity index (χ1n) is 8.25. The summed E-state index contributed by atoms with van der Waals surface area (Å²) in [6.07, 6.45) is 0. The molecule has 28 heavy (non-hydrogen) atoms. The van der Waals surface area contributed by atoms with Crippen LogP contribution in [0, 0.1) is 17.5 Å². The van der Waals surface area contributed by atoms with Gasteiger partial charge in [0.05, 0.1) is 13.2 Å². The molecule has 0 aliphatic heterocycles. The molecule has 0 amide bonds. The number of hydrogen-bond acceptors (Lipinski definition) is 5. The molecule has 0 spiro atoms. The van der Waals surface area contributed by atoms with Gasteiger partial charge in [-0.05, 0) is 31.5 Å². The molecular formula is C17H19F3NO5PS. The predicted molar refractivity (Wildman–Crippen MR) is 96.7 cm³/mol. The van der Waals surface area contributed by atoms with Crippen LogP contribution < -0.4 is 4.72 Å². The monoisotopic (exact) mass is 437 g/mol. The Morgan fingerprint density at radius 2 is 1.54 bits per heavy atom. The summed E-state index contributed by atoms with van der Waals surface area (Å²) in [5.41, 5.74) is 0.222. The second-order valence-corrected chi connectivity index (χ2v) is 9.28. The van der Waals surface area contributed by atoms with E-state index in [4.69, 9.17) is 9.05 Å². The molecule has 154 valence electrons. The summed E-state index contributed by atoms with van der Waals surface area (Å²) in [5, 5.41) is 0. The largest absolute Gasteiger partial charge is 0.352 e. The van der Waals surface area contributed by atoms with Gasteiger partial charge in [-0.3, -0.25) is 4.57 Å². The van der Waals surface area contributed by atoms with Gasteiger partial charge in [0, 0.05) is 0 Å². The van der Waals surface area contributed by atoms with Crippen molar-refractivity contribution in [2.75, 3.05) is 13.2 Å². The molecule has 0 bridgehead atoms. The lowest BCUT2D eigenvalue weighted by Gasteiger charge is -2.27. The Hall–Kier alpha value is -1.71. The highest BCUT2D eigenvalue weighted by molar-refractivity contribution is 7.89. The zero-order valence-electron chi connectivity index (χ0n) is 15.1. The van der Waals surface area contributed by atoms with Gasteiger partial charge in [-0.25, -0.2) is 21.6 Å². The number of sulfonamides is 1. The van der Waals surface area contributed by atoms with Crippen molar-refractivity contribution in [3.8, 4) is 0 Å². The van der Waals surface area contributed by atoms with Crippen LogP contribution in [0.1, 0.15) is 25.2 Å². The third-order valence-corrected chi connectivity index (χ3v) is 7.52.